The Balaban J connectivity index is 0.973. The van der Waals surface area contributed by atoms with E-state index in [4.69, 9.17) is 13.9 Å². The average molecular weight is 1150 g/mol. The van der Waals surface area contributed by atoms with E-state index in [2.05, 4.69) is 41.3 Å². The van der Waals surface area contributed by atoms with E-state index in [0.29, 0.717) is 33.3 Å². The van der Waals surface area contributed by atoms with Crippen molar-refractivity contribution in [2.75, 3.05) is 26.2 Å². The number of rotatable bonds is 24. The van der Waals surface area contributed by atoms with Crippen molar-refractivity contribution in [2.24, 2.45) is 7.05 Å². The Morgan fingerprint density at radius 2 is 1.44 bits per heavy atom. The maximum atomic E-state index is 14.5. The number of Topliss-reactive ketones (excluding diaryl/α,β-unsaturated/α-hetero) is 1. The normalized spacial score (nSPS) is 12.5. The highest BCUT2D eigenvalue weighted by molar-refractivity contribution is 6.11. The van der Waals surface area contributed by atoms with Crippen molar-refractivity contribution >= 4 is 81.0 Å². The molecule has 0 radical (unpaired) electrons. The Morgan fingerprint density at radius 3 is 2.14 bits per heavy atom. The Hall–Kier alpha value is -10.7. The number of ketones is 1. The lowest BCUT2D eigenvalue weighted by atomic mass is 9.90. The molecule has 25 heteroatoms. The molecule has 4 unspecified atom stereocenters. The number of amides is 5. The van der Waals surface area contributed by atoms with Crippen LogP contribution in [0.1, 0.15) is 56.8 Å². The number of nitrogens with one attached hydrogen (secondary N) is 6. The Kier molecular flexibility index (Phi) is 18.9. The zero-order chi connectivity index (χ0) is 60.2. The van der Waals surface area contributed by atoms with Crippen LogP contribution in [-0.4, -0.2) is 123 Å². The minimum atomic E-state index is -1.67. The molecule has 5 amide bonds. The second-order valence-electron chi connectivity index (χ2n) is 19.3. The molecule has 0 saturated carbocycles. The van der Waals surface area contributed by atoms with Gasteiger partial charge in [-0.1, -0.05) is 36.4 Å². The van der Waals surface area contributed by atoms with Crippen molar-refractivity contribution in [3.05, 3.63) is 160 Å². The van der Waals surface area contributed by atoms with Gasteiger partial charge >= 0.3 is 24.0 Å². The number of alkyl carbamates (subject to hydrolysis) is 1. The molecule has 4 aromatic carbocycles. The van der Waals surface area contributed by atoms with Gasteiger partial charge in [-0.2, -0.15) is 0 Å². The van der Waals surface area contributed by atoms with Crippen molar-refractivity contribution in [3.8, 4) is 28.2 Å². The number of halogens is 1. The van der Waals surface area contributed by atoms with Gasteiger partial charge in [0.05, 0.1) is 32.5 Å². The second kappa shape index (κ2) is 26.7. The molecule has 2 aromatic heterocycles. The van der Waals surface area contributed by atoms with Crippen molar-refractivity contribution in [2.45, 2.75) is 62.9 Å². The molecule has 84 heavy (non-hydrogen) atoms. The summed E-state index contributed by atoms with van der Waals surface area (Å²) in [5.74, 6) is -7.79. The molecule has 434 valence electrons. The number of carboxylic acid groups (broad SMARTS) is 1. The fourth-order valence-corrected chi connectivity index (χ4v) is 9.33. The summed E-state index contributed by atoms with van der Waals surface area (Å²) in [4.78, 5) is 139. The number of aromatic amines is 1. The molecule has 24 nitrogen and oxygen atoms in total. The number of para-hydroxylation sites is 1. The van der Waals surface area contributed by atoms with E-state index in [9.17, 15) is 62.5 Å². The topological polar surface area (TPSA) is 346 Å². The van der Waals surface area contributed by atoms with Crippen LogP contribution >= 0.6 is 0 Å². The predicted molar refractivity (Wildman–Crippen MR) is 298 cm³/mol. The number of esters is 2. The number of aromatic carboxylic acids is 1. The van der Waals surface area contributed by atoms with Crippen LogP contribution in [0.25, 0.3) is 44.3 Å². The van der Waals surface area contributed by atoms with Gasteiger partial charge in [0.2, 0.25) is 17.7 Å². The number of alkyl halides is 1. The number of aromatic nitrogens is 3. The number of phenolic OH excluding ortho intramolecular Hbond substituents is 1. The Labute approximate surface area is 476 Å². The number of benzene rings is 5. The first kappa shape index (κ1) is 59.4. The fraction of sp³-hybridized carbons (Fsp3) is 0.237. The van der Waals surface area contributed by atoms with E-state index in [1.54, 1.807) is 37.5 Å². The van der Waals surface area contributed by atoms with Gasteiger partial charge in [-0.05, 0) is 77.7 Å². The van der Waals surface area contributed by atoms with Crippen molar-refractivity contribution in [1.29, 1.82) is 0 Å². The molecule has 8 N–H and O–H groups in total. The smallest absolute Gasteiger partial charge is 0.408 e. The van der Waals surface area contributed by atoms with Gasteiger partial charge < -0.3 is 65.0 Å². The molecule has 2 aliphatic rings. The fourth-order valence-electron chi connectivity index (χ4n) is 9.33. The van der Waals surface area contributed by atoms with Crippen LogP contribution in [0.2, 0.25) is 0 Å². The zero-order valence-corrected chi connectivity index (χ0v) is 45.2. The number of aromatic hydroxyl groups is 1. The third kappa shape index (κ3) is 14.4. The number of ether oxygens (including phenoxy) is 3. The molecule has 8 rings (SSSR count). The molecule has 6 aromatic rings. The highest BCUT2D eigenvalue weighted by Crippen LogP contribution is 2.42. The largest absolute Gasteiger partial charge is 0.508 e. The van der Waals surface area contributed by atoms with E-state index in [-0.39, 0.29) is 70.8 Å². The first-order valence-corrected chi connectivity index (χ1v) is 25.9. The molecule has 1 aliphatic heterocycles. The molecule has 0 bridgehead atoms. The number of aryl methyl sites for hydroxylation is 1. The van der Waals surface area contributed by atoms with Crippen molar-refractivity contribution < 1.29 is 76.4 Å². The molecular weight excluding hydrogens is 1100 g/mol. The standard InChI is InChI=1S/C59H55FN8O16/c1-68-28-33(38-6-4-5-7-47(38)68)21-45(56(76)64-43(18-19-51(72)81-2)55(75)66-46(22-35-27-61-30-62-35)57(77)65-44(48(71)26-60)25-52(73)82-3)67-59(80)83-29-31-8-11-34(12-9-31)63-54(74)32-10-15-39(42(20-32)58(78)79)53-40-16-13-36(69)23-49(40)84-50-24-37(70)14-17-41(50)53/h4-17,20,23-24,27-28,30,43-46,69H,18-19,21-22,25-26,29H2,1-3H3,(H,61,62)(H,63,74)(H,64,76)(H,65,77)(H,66,75)(H,67,80)(H,78,79). The van der Waals surface area contributed by atoms with Crippen LogP contribution in [0.4, 0.5) is 14.9 Å². The number of phenols is 1. The zero-order valence-electron chi connectivity index (χ0n) is 45.2. The third-order valence-electron chi connectivity index (χ3n) is 13.6. The monoisotopic (exact) mass is 1150 g/mol. The summed E-state index contributed by atoms with van der Waals surface area (Å²) in [7, 11) is 3.93. The van der Waals surface area contributed by atoms with Crippen LogP contribution in [0.15, 0.2) is 131 Å². The van der Waals surface area contributed by atoms with Crippen LogP contribution in [-0.2, 0) is 69.5 Å². The number of nitrogens with zero attached hydrogens (tertiary/aromatic N) is 2. The van der Waals surface area contributed by atoms with Gasteiger partial charge in [0.1, 0.15) is 54.5 Å². The molecule has 0 fully saturated rings. The molecular formula is C59H55FN8O16. The predicted octanol–water partition coefficient (Wildman–Crippen LogP) is 5.03. The lowest BCUT2D eigenvalue weighted by molar-refractivity contribution is -0.144. The number of carbonyl (C=O) groups is 9. The van der Waals surface area contributed by atoms with Crippen LogP contribution in [0, 0.1) is 0 Å². The Bertz CT molecular complexity index is 3840. The van der Waals surface area contributed by atoms with E-state index in [1.165, 1.54) is 73.2 Å². The van der Waals surface area contributed by atoms with Crippen molar-refractivity contribution in [1.82, 2.24) is 35.8 Å². The molecule has 0 spiro atoms. The second-order valence-corrected chi connectivity index (χ2v) is 19.3. The number of anilines is 1. The van der Waals surface area contributed by atoms with Gasteiger partial charge in [-0.3, -0.25) is 38.4 Å². The molecule has 4 atom stereocenters. The third-order valence-corrected chi connectivity index (χ3v) is 13.6. The molecule has 0 saturated heterocycles. The Morgan fingerprint density at radius 1 is 0.750 bits per heavy atom. The minimum Gasteiger partial charge on any atom is -0.508 e. The van der Waals surface area contributed by atoms with Gasteiger partial charge in [0.15, 0.2) is 11.2 Å². The van der Waals surface area contributed by atoms with E-state index in [1.807, 2.05) is 22.8 Å². The first-order valence-electron chi connectivity index (χ1n) is 25.9. The van der Waals surface area contributed by atoms with E-state index >= 15 is 0 Å². The number of carbonyl (C=O) groups excluding carboxylic acids is 8. The minimum absolute atomic E-state index is 0.0135. The van der Waals surface area contributed by atoms with Gasteiger partial charge in [-0.15, -0.1) is 0 Å². The summed E-state index contributed by atoms with van der Waals surface area (Å²) in [6.45, 7) is -1.89. The number of methoxy groups -OCH3 is 2. The molecule has 3 heterocycles. The average Bonchev–Trinajstić information content (AvgIpc) is 2.58. The van der Waals surface area contributed by atoms with Crippen LogP contribution in [0.3, 0.4) is 0 Å². The van der Waals surface area contributed by atoms with Crippen LogP contribution in [0.5, 0.6) is 5.75 Å². The summed E-state index contributed by atoms with van der Waals surface area (Å²) >= 11 is 0. The number of imidazole rings is 1. The summed E-state index contributed by atoms with van der Waals surface area (Å²) < 4.78 is 36.2. The van der Waals surface area contributed by atoms with Crippen molar-refractivity contribution in [3.63, 3.8) is 0 Å². The van der Waals surface area contributed by atoms with Gasteiger partial charge in [0, 0.05) is 95.2 Å². The highest BCUT2D eigenvalue weighted by Gasteiger charge is 2.34. The van der Waals surface area contributed by atoms with Gasteiger partial charge in [0.25, 0.3) is 5.91 Å². The summed E-state index contributed by atoms with van der Waals surface area (Å²) in [5, 5.41) is 34.4. The molecule has 1 aliphatic carbocycles. The quantitative estimate of drug-likeness (QED) is 0.0223. The maximum Gasteiger partial charge on any atom is 0.408 e. The summed E-state index contributed by atoms with van der Waals surface area (Å²) in [5.41, 5.74) is 3.04. The lowest BCUT2D eigenvalue weighted by Crippen LogP contribution is -2.58. The van der Waals surface area contributed by atoms with Gasteiger partial charge in [-0.25, -0.2) is 19.0 Å². The van der Waals surface area contributed by atoms with E-state index < -0.39 is 97.1 Å². The van der Waals surface area contributed by atoms with Crippen LogP contribution < -0.4 is 32.0 Å². The number of H-pyrrole nitrogens is 1. The van der Waals surface area contributed by atoms with E-state index in [0.717, 1.165) is 25.1 Å². The summed E-state index contributed by atoms with van der Waals surface area (Å²) in [6, 6.07) is 19.6. The highest BCUT2D eigenvalue weighted by atomic mass is 19.1. The first-order chi connectivity index (χ1) is 40.3. The number of hydrogen-bond donors (Lipinski definition) is 8. The number of carboxylic acids is 1. The summed E-state index contributed by atoms with van der Waals surface area (Å²) in [6.07, 6.45) is 1.37. The maximum absolute atomic E-state index is 14.5. The SMILES string of the molecule is COC(=O)CCC(NC(=O)C(Cc1cn(C)c2ccccc12)NC(=O)OCc1ccc(NC(=O)c2ccc(-c3c4ccc(=O)cc-4oc4cc(O)ccc34)c(C(=O)O)c2)cc1)C(=O)NC(Cc1cnc[nH]1)C(=O)NC(CC(=O)OC)C(=O)CF. The number of hydrogen-bond acceptors (Lipinski definition) is 16. The number of fused-ring (bicyclic) bond motifs is 3. The lowest BCUT2D eigenvalue weighted by Gasteiger charge is -2.26.